The Bertz CT molecular complexity index is 915. The van der Waals surface area contributed by atoms with Gasteiger partial charge in [0.1, 0.15) is 17.1 Å². The second-order valence-electron chi connectivity index (χ2n) is 8.22. The third-order valence-electron chi connectivity index (χ3n) is 6.33. The number of carbonyl (C=O) groups is 2. The SMILES string of the molecule is COc1ccc(CCN2C(=O)N(C)C(=O)C23CCN(Cc2ncc(C)[nH]2)CC3)cc1. The summed E-state index contributed by atoms with van der Waals surface area (Å²) in [5, 5.41) is 0. The minimum absolute atomic E-state index is 0.0734. The number of likely N-dealkylation sites (tertiary alicyclic amines) is 1. The van der Waals surface area contributed by atoms with Gasteiger partial charge in [0, 0.05) is 38.6 Å². The lowest BCUT2D eigenvalue weighted by atomic mass is 9.85. The molecule has 0 saturated carbocycles. The summed E-state index contributed by atoms with van der Waals surface area (Å²) in [7, 11) is 3.24. The third-order valence-corrected chi connectivity index (χ3v) is 6.33. The number of likely N-dealkylation sites (N-methyl/N-ethyl adjacent to an activating group) is 1. The zero-order valence-corrected chi connectivity index (χ0v) is 17.9. The van der Waals surface area contributed by atoms with Crippen LogP contribution in [0.4, 0.5) is 4.79 Å². The van der Waals surface area contributed by atoms with Crippen LogP contribution in [0.5, 0.6) is 5.75 Å². The maximum Gasteiger partial charge on any atom is 0.327 e. The number of aromatic amines is 1. The number of rotatable bonds is 6. The fourth-order valence-corrected chi connectivity index (χ4v) is 4.55. The number of imide groups is 1. The second kappa shape index (κ2) is 8.10. The first-order valence-electron chi connectivity index (χ1n) is 10.4. The lowest BCUT2D eigenvalue weighted by Gasteiger charge is -2.42. The number of amides is 3. The van der Waals surface area contributed by atoms with Gasteiger partial charge in [0.25, 0.3) is 5.91 Å². The van der Waals surface area contributed by atoms with Crippen LogP contribution in [0.3, 0.4) is 0 Å². The summed E-state index contributed by atoms with van der Waals surface area (Å²) in [6.07, 6.45) is 3.82. The summed E-state index contributed by atoms with van der Waals surface area (Å²) < 4.78 is 5.21. The van der Waals surface area contributed by atoms with Crippen LogP contribution in [0.25, 0.3) is 0 Å². The van der Waals surface area contributed by atoms with Crippen molar-refractivity contribution in [3.63, 3.8) is 0 Å². The molecule has 1 aromatic carbocycles. The molecule has 2 saturated heterocycles. The van der Waals surface area contributed by atoms with Gasteiger partial charge in [0.05, 0.1) is 13.7 Å². The van der Waals surface area contributed by atoms with Gasteiger partial charge < -0.3 is 14.6 Å². The molecule has 0 atom stereocenters. The number of piperidine rings is 1. The summed E-state index contributed by atoms with van der Waals surface area (Å²) >= 11 is 0. The van der Waals surface area contributed by atoms with E-state index in [-0.39, 0.29) is 11.9 Å². The van der Waals surface area contributed by atoms with E-state index in [0.717, 1.165) is 42.5 Å². The van der Waals surface area contributed by atoms with Crippen molar-refractivity contribution in [2.75, 3.05) is 33.8 Å². The highest BCUT2D eigenvalue weighted by Crippen LogP contribution is 2.37. The molecule has 1 N–H and O–H groups in total. The van der Waals surface area contributed by atoms with Gasteiger partial charge in [-0.05, 0) is 43.9 Å². The first-order chi connectivity index (χ1) is 14.4. The van der Waals surface area contributed by atoms with E-state index in [1.165, 1.54) is 4.90 Å². The summed E-state index contributed by atoms with van der Waals surface area (Å²) in [6, 6.07) is 7.66. The summed E-state index contributed by atoms with van der Waals surface area (Å²) in [5.74, 6) is 1.67. The minimum atomic E-state index is -0.728. The molecule has 160 valence electrons. The highest BCUT2D eigenvalue weighted by molar-refractivity contribution is 6.06. The monoisotopic (exact) mass is 411 g/mol. The largest absolute Gasteiger partial charge is 0.497 e. The summed E-state index contributed by atoms with van der Waals surface area (Å²) in [4.78, 5) is 39.0. The first-order valence-corrected chi connectivity index (χ1v) is 10.4. The van der Waals surface area contributed by atoms with Gasteiger partial charge in [0.15, 0.2) is 0 Å². The number of H-pyrrole nitrogens is 1. The fraction of sp³-hybridized carbons (Fsp3) is 0.500. The Morgan fingerprint density at radius 3 is 2.47 bits per heavy atom. The van der Waals surface area contributed by atoms with Crippen LogP contribution in [-0.2, 0) is 17.8 Å². The van der Waals surface area contributed by atoms with Crippen molar-refractivity contribution in [1.82, 2.24) is 24.7 Å². The highest BCUT2D eigenvalue weighted by Gasteiger charge is 2.56. The van der Waals surface area contributed by atoms with Crippen molar-refractivity contribution in [2.24, 2.45) is 0 Å². The Kier molecular flexibility index (Phi) is 5.51. The van der Waals surface area contributed by atoms with Crippen LogP contribution < -0.4 is 4.74 Å². The van der Waals surface area contributed by atoms with Crippen molar-refractivity contribution in [1.29, 1.82) is 0 Å². The predicted octanol–water partition coefficient (Wildman–Crippen LogP) is 2.20. The topological polar surface area (TPSA) is 81.8 Å². The van der Waals surface area contributed by atoms with Gasteiger partial charge in [-0.1, -0.05) is 12.1 Å². The molecule has 0 unspecified atom stereocenters. The smallest absolute Gasteiger partial charge is 0.327 e. The summed E-state index contributed by atoms with van der Waals surface area (Å²) in [5.41, 5.74) is 1.43. The van der Waals surface area contributed by atoms with E-state index in [2.05, 4.69) is 14.9 Å². The molecule has 2 aliphatic heterocycles. The van der Waals surface area contributed by atoms with E-state index in [0.29, 0.717) is 25.8 Å². The van der Waals surface area contributed by atoms with E-state index in [4.69, 9.17) is 4.74 Å². The Balaban J connectivity index is 1.44. The molecule has 0 aliphatic carbocycles. The van der Waals surface area contributed by atoms with E-state index in [1.807, 2.05) is 37.4 Å². The van der Waals surface area contributed by atoms with Gasteiger partial charge >= 0.3 is 6.03 Å². The first kappa shape index (κ1) is 20.4. The van der Waals surface area contributed by atoms with Crippen molar-refractivity contribution in [2.45, 2.75) is 38.3 Å². The van der Waals surface area contributed by atoms with Crippen molar-refractivity contribution in [3.05, 3.63) is 47.5 Å². The normalized spacial score (nSPS) is 19.2. The van der Waals surface area contributed by atoms with Gasteiger partial charge in [-0.15, -0.1) is 0 Å². The third kappa shape index (κ3) is 3.67. The van der Waals surface area contributed by atoms with Crippen LogP contribution in [0, 0.1) is 6.92 Å². The molecular weight excluding hydrogens is 382 g/mol. The molecule has 4 rings (SSSR count). The number of urea groups is 1. The number of hydrogen-bond acceptors (Lipinski definition) is 5. The van der Waals surface area contributed by atoms with Crippen LogP contribution in [0.15, 0.2) is 30.5 Å². The van der Waals surface area contributed by atoms with Crippen molar-refractivity contribution >= 4 is 11.9 Å². The van der Waals surface area contributed by atoms with Crippen LogP contribution in [0.2, 0.25) is 0 Å². The number of methoxy groups -OCH3 is 1. The van der Waals surface area contributed by atoms with Gasteiger partial charge in [0.2, 0.25) is 0 Å². The molecule has 30 heavy (non-hydrogen) atoms. The number of benzene rings is 1. The predicted molar refractivity (Wildman–Crippen MR) is 112 cm³/mol. The van der Waals surface area contributed by atoms with E-state index < -0.39 is 5.54 Å². The quantitative estimate of drug-likeness (QED) is 0.737. The van der Waals surface area contributed by atoms with Crippen LogP contribution in [0.1, 0.15) is 29.9 Å². The van der Waals surface area contributed by atoms with E-state index in [1.54, 1.807) is 19.1 Å². The number of carbonyl (C=O) groups excluding carboxylic acids is 2. The lowest BCUT2D eigenvalue weighted by Crippen LogP contribution is -2.56. The Labute approximate surface area is 176 Å². The zero-order chi connectivity index (χ0) is 21.3. The second-order valence-corrected chi connectivity index (χ2v) is 8.22. The van der Waals surface area contributed by atoms with Crippen molar-refractivity contribution in [3.8, 4) is 5.75 Å². The van der Waals surface area contributed by atoms with Gasteiger partial charge in [-0.25, -0.2) is 9.78 Å². The maximum atomic E-state index is 13.1. The number of nitrogens with zero attached hydrogens (tertiary/aromatic N) is 4. The maximum absolute atomic E-state index is 13.1. The number of aromatic nitrogens is 2. The van der Waals surface area contributed by atoms with E-state index >= 15 is 0 Å². The molecule has 1 aromatic heterocycles. The average molecular weight is 412 g/mol. The number of imidazole rings is 1. The Morgan fingerprint density at radius 1 is 1.17 bits per heavy atom. The number of ether oxygens (including phenoxy) is 1. The molecule has 8 nitrogen and oxygen atoms in total. The zero-order valence-electron chi connectivity index (χ0n) is 17.9. The van der Waals surface area contributed by atoms with E-state index in [9.17, 15) is 9.59 Å². The molecule has 8 heteroatoms. The lowest BCUT2D eigenvalue weighted by molar-refractivity contribution is -0.134. The average Bonchev–Trinajstić information content (AvgIpc) is 3.24. The standard InChI is InChI=1S/C22H29N5O3/c1-16-14-23-19(24-16)15-26-12-9-22(10-13-26)20(28)25(2)21(29)27(22)11-8-17-4-6-18(30-3)7-5-17/h4-7,14H,8-13,15H2,1-3H3,(H,23,24). The molecule has 0 bridgehead atoms. The number of nitrogens with one attached hydrogen (secondary N) is 1. The molecule has 3 heterocycles. The van der Waals surface area contributed by atoms with Crippen LogP contribution >= 0.6 is 0 Å². The Morgan fingerprint density at radius 2 is 1.87 bits per heavy atom. The molecule has 2 fully saturated rings. The number of hydrogen-bond donors (Lipinski definition) is 1. The molecule has 2 aromatic rings. The molecule has 1 spiro atoms. The van der Waals surface area contributed by atoms with Crippen LogP contribution in [-0.4, -0.2) is 75.9 Å². The minimum Gasteiger partial charge on any atom is -0.497 e. The summed E-state index contributed by atoms with van der Waals surface area (Å²) in [6.45, 7) is 4.75. The van der Waals surface area contributed by atoms with Gasteiger partial charge in [-0.2, -0.15) is 0 Å². The molecule has 3 amide bonds. The number of aryl methyl sites for hydroxylation is 1. The van der Waals surface area contributed by atoms with Crippen molar-refractivity contribution < 1.29 is 14.3 Å². The highest BCUT2D eigenvalue weighted by atomic mass is 16.5. The molecule has 2 aliphatic rings. The van der Waals surface area contributed by atoms with Gasteiger partial charge in [-0.3, -0.25) is 14.6 Å². The fourth-order valence-electron chi connectivity index (χ4n) is 4.55. The molecule has 0 radical (unpaired) electrons. The Hall–Kier alpha value is -2.87. The molecular formula is C22H29N5O3.